The van der Waals surface area contributed by atoms with Gasteiger partial charge >= 0.3 is 6.18 Å². The second-order valence-electron chi connectivity index (χ2n) is 7.69. The molecule has 1 aliphatic heterocycles. The average molecular weight is 398 g/mol. The fourth-order valence-electron chi connectivity index (χ4n) is 4.23. The number of fused-ring (bicyclic) bond motifs is 1. The molecule has 8 heteroatoms. The van der Waals surface area contributed by atoms with Crippen molar-refractivity contribution < 1.29 is 27.8 Å². The first-order valence-electron chi connectivity index (χ1n) is 9.46. The Kier molecular flexibility index (Phi) is 5.44. The van der Waals surface area contributed by atoms with Crippen LogP contribution in [0.15, 0.2) is 17.2 Å². The predicted molar refractivity (Wildman–Crippen MR) is 98.0 cm³/mol. The predicted octanol–water partition coefficient (Wildman–Crippen LogP) is 4.02. The fourth-order valence-corrected chi connectivity index (χ4v) is 4.23. The summed E-state index contributed by atoms with van der Waals surface area (Å²) < 4.78 is 47.1. The molecule has 1 aliphatic carbocycles. The first-order valence-corrected chi connectivity index (χ1v) is 9.46. The molecular formula is C20H25F3N2O3. The van der Waals surface area contributed by atoms with Gasteiger partial charge < -0.3 is 9.84 Å². The molecule has 2 aliphatic rings. The maximum atomic E-state index is 13.8. The summed E-state index contributed by atoms with van der Waals surface area (Å²) in [7, 11) is 0. The SMILES string of the molecule is Cc1cc(C)c(OCC(=O)N2N=C3CCCCC[C@H]3[C@]2(O)C(F)(F)F)c(C)c1. The lowest BCUT2D eigenvalue weighted by Gasteiger charge is -2.37. The lowest BCUT2D eigenvalue weighted by atomic mass is 9.87. The van der Waals surface area contributed by atoms with Crippen LogP contribution in [0.4, 0.5) is 13.2 Å². The summed E-state index contributed by atoms with van der Waals surface area (Å²) in [4.78, 5) is 12.6. The molecule has 1 saturated carbocycles. The standard InChI is InChI=1S/C20H25F3N2O3/c1-12-9-13(2)18(14(3)10-12)28-11-17(26)25-19(27,20(21,22)23)15-7-5-4-6-8-16(15)24-25/h9-10,15,27H,4-8,11H2,1-3H3/t15-,19+/m1/s1. The summed E-state index contributed by atoms with van der Waals surface area (Å²) in [5.74, 6) is -1.78. The van der Waals surface area contributed by atoms with E-state index in [1.807, 2.05) is 19.1 Å². The molecule has 154 valence electrons. The van der Waals surface area contributed by atoms with Crippen molar-refractivity contribution in [3.63, 3.8) is 0 Å². The molecule has 1 aromatic carbocycles. The second-order valence-corrected chi connectivity index (χ2v) is 7.69. The lowest BCUT2D eigenvalue weighted by Crippen LogP contribution is -2.61. The van der Waals surface area contributed by atoms with Gasteiger partial charge in [0.25, 0.3) is 11.6 Å². The molecule has 1 N–H and O–H groups in total. The summed E-state index contributed by atoms with van der Waals surface area (Å²) in [5.41, 5.74) is -0.479. The van der Waals surface area contributed by atoms with Gasteiger partial charge in [-0.1, -0.05) is 30.5 Å². The molecule has 0 spiro atoms. The van der Waals surface area contributed by atoms with E-state index in [-0.39, 0.29) is 17.1 Å². The molecule has 3 rings (SSSR count). The number of hydrogen-bond donors (Lipinski definition) is 1. The number of carbonyl (C=O) groups excluding carboxylic acids is 1. The highest BCUT2D eigenvalue weighted by Crippen LogP contribution is 2.47. The number of aryl methyl sites for hydroxylation is 3. The topological polar surface area (TPSA) is 62.1 Å². The van der Waals surface area contributed by atoms with Crippen LogP contribution in [0.1, 0.15) is 48.8 Å². The number of hydrazone groups is 1. The highest BCUT2D eigenvalue weighted by atomic mass is 19.4. The largest absolute Gasteiger partial charge is 0.483 e. The third-order valence-corrected chi connectivity index (χ3v) is 5.46. The Labute approximate surface area is 162 Å². The summed E-state index contributed by atoms with van der Waals surface area (Å²) >= 11 is 0. The van der Waals surface area contributed by atoms with Crippen LogP contribution in [0.5, 0.6) is 5.75 Å². The number of aliphatic hydroxyl groups is 1. The van der Waals surface area contributed by atoms with E-state index in [4.69, 9.17) is 4.74 Å². The van der Waals surface area contributed by atoms with Crippen molar-refractivity contribution in [3.8, 4) is 5.75 Å². The maximum Gasteiger partial charge on any atom is 0.439 e. The molecule has 0 bridgehead atoms. The molecule has 0 radical (unpaired) electrons. The Morgan fingerprint density at radius 2 is 1.89 bits per heavy atom. The second kappa shape index (κ2) is 7.39. The number of nitrogens with zero attached hydrogens (tertiary/aromatic N) is 2. The molecule has 28 heavy (non-hydrogen) atoms. The van der Waals surface area contributed by atoms with E-state index in [1.165, 1.54) is 0 Å². The van der Waals surface area contributed by atoms with Crippen molar-refractivity contribution in [1.29, 1.82) is 0 Å². The Hall–Kier alpha value is -2.09. The van der Waals surface area contributed by atoms with Crippen molar-refractivity contribution in [1.82, 2.24) is 5.01 Å². The van der Waals surface area contributed by atoms with E-state index in [0.29, 0.717) is 25.0 Å². The minimum absolute atomic E-state index is 0.148. The van der Waals surface area contributed by atoms with Gasteiger partial charge in [0.15, 0.2) is 6.61 Å². The first-order chi connectivity index (χ1) is 13.1. The molecule has 2 atom stereocenters. The van der Waals surface area contributed by atoms with Crippen LogP contribution in [-0.2, 0) is 4.79 Å². The van der Waals surface area contributed by atoms with Crippen LogP contribution in [0.25, 0.3) is 0 Å². The molecule has 0 aromatic heterocycles. The molecule has 0 unspecified atom stereocenters. The molecule has 0 saturated heterocycles. The van der Waals surface area contributed by atoms with E-state index in [2.05, 4.69) is 5.10 Å². The van der Waals surface area contributed by atoms with Gasteiger partial charge in [-0.15, -0.1) is 0 Å². The van der Waals surface area contributed by atoms with E-state index < -0.39 is 30.3 Å². The molecule has 1 heterocycles. The number of halogens is 3. The maximum absolute atomic E-state index is 13.8. The lowest BCUT2D eigenvalue weighted by molar-refractivity contribution is -0.317. The molecule has 5 nitrogen and oxygen atoms in total. The van der Waals surface area contributed by atoms with Crippen molar-refractivity contribution in [2.75, 3.05) is 6.61 Å². The third-order valence-electron chi connectivity index (χ3n) is 5.46. The van der Waals surface area contributed by atoms with E-state index in [9.17, 15) is 23.1 Å². The van der Waals surface area contributed by atoms with Gasteiger partial charge in [-0.25, -0.2) is 0 Å². The molecule has 1 amide bonds. The Balaban J connectivity index is 1.85. The monoisotopic (exact) mass is 398 g/mol. The minimum atomic E-state index is -5.02. The normalized spacial score (nSPS) is 25.2. The van der Waals surface area contributed by atoms with Crippen LogP contribution in [0.2, 0.25) is 0 Å². The van der Waals surface area contributed by atoms with Gasteiger partial charge in [0, 0.05) is 5.71 Å². The number of ether oxygens (including phenoxy) is 1. The van der Waals surface area contributed by atoms with E-state index in [1.54, 1.807) is 13.8 Å². The van der Waals surface area contributed by atoms with Crippen LogP contribution < -0.4 is 4.74 Å². The molecular weight excluding hydrogens is 373 g/mol. The number of amides is 1. The summed E-state index contributed by atoms with van der Waals surface area (Å²) in [5, 5.41) is 14.7. The zero-order chi connectivity index (χ0) is 20.7. The quantitative estimate of drug-likeness (QED) is 0.837. The molecule has 1 aromatic rings. The zero-order valence-corrected chi connectivity index (χ0v) is 16.3. The van der Waals surface area contributed by atoms with Gasteiger partial charge in [-0.2, -0.15) is 23.3 Å². The Bertz CT molecular complexity index is 783. The Morgan fingerprint density at radius 3 is 2.50 bits per heavy atom. The fraction of sp³-hybridized carbons (Fsp3) is 0.600. The number of carbonyl (C=O) groups is 1. The first kappa shape index (κ1) is 20.6. The van der Waals surface area contributed by atoms with Crippen molar-refractivity contribution in [2.45, 2.75) is 64.8 Å². The zero-order valence-electron chi connectivity index (χ0n) is 16.3. The molecule has 1 fully saturated rings. The van der Waals surface area contributed by atoms with Gasteiger partial charge in [0.05, 0.1) is 5.92 Å². The van der Waals surface area contributed by atoms with Gasteiger partial charge in [-0.05, 0) is 51.2 Å². The number of rotatable bonds is 3. The number of alkyl halides is 3. The van der Waals surface area contributed by atoms with Gasteiger partial charge in [0.1, 0.15) is 5.75 Å². The van der Waals surface area contributed by atoms with Gasteiger partial charge in [0.2, 0.25) is 0 Å². The van der Waals surface area contributed by atoms with Crippen molar-refractivity contribution >= 4 is 11.6 Å². The van der Waals surface area contributed by atoms with Crippen molar-refractivity contribution in [2.24, 2.45) is 11.0 Å². The van der Waals surface area contributed by atoms with Gasteiger partial charge in [-0.3, -0.25) is 4.79 Å². The van der Waals surface area contributed by atoms with E-state index >= 15 is 0 Å². The van der Waals surface area contributed by atoms with Crippen molar-refractivity contribution in [3.05, 3.63) is 28.8 Å². The average Bonchev–Trinajstić information content (AvgIpc) is 2.74. The number of hydrogen-bond acceptors (Lipinski definition) is 4. The van der Waals surface area contributed by atoms with Crippen LogP contribution in [0.3, 0.4) is 0 Å². The van der Waals surface area contributed by atoms with Crippen LogP contribution in [-0.4, -0.2) is 40.2 Å². The summed E-state index contributed by atoms with van der Waals surface area (Å²) in [6, 6.07) is 3.74. The van der Waals surface area contributed by atoms with Crippen LogP contribution >= 0.6 is 0 Å². The third kappa shape index (κ3) is 3.50. The van der Waals surface area contributed by atoms with E-state index in [0.717, 1.165) is 23.1 Å². The minimum Gasteiger partial charge on any atom is -0.483 e. The summed E-state index contributed by atoms with van der Waals surface area (Å²) in [6.07, 6.45) is -2.48. The number of benzene rings is 1. The van der Waals surface area contributed by atoms with Crippen LogP contribution in [0, 0.1) is 26.7 Å². The smallest absolute Gasteiger partial charge is 0.439 e. The summed E-state index contributed by atoms with van der Waals surface area (Å²) in [6.45, 7) is 4.90. The Morgan fingerprint density at radius 1 is 1.25 bits per heavy atom. The highest BCUT2D eigenvalue weighted by Gasteiger charge is 2.68. The highest BCUT2D eigenvalue weighted by molar-refractivity contribution is 5.93.